The van der Waals surface area contributed by atoms with Crippen LogP contribution in [0.15, 0.2) is 29.2 Å². The average molecular weight is 324 g/mol. The van der Waals surface area contributed by atoms with Gasteiger partial charge in [0.05, 0.1) is 10.6 Å². The zero-order valence-corrected chi connectivity index (χ0v) is 13.7. The Bertz CT molecular complexity index is 693. The average Bonchev–Trinajstić information content (AvgIpc) is 2.49. The van der Waals surface area contributed by atoms with Crippen molar-refractivity contribution in [2.45, 2.75) is 31.2 Å². The van der Waals surface area contributed by atoms with E-state index < -0.39 is 15.4 Å². The van der Waals surface area contributed by atoms with Gasteiger partial charge in [-0.3, -0.25) is 9.59 Å². The molecule has 2 rings (SSSR count). The second-order valence-corrected chi connectivity index (χ2v) is 7.98. The third-order valence-electron chi connectivity index (χ3n) is 3.94. The molecule has 0 radical (unpaired) electrons. The second kappa shape index (κ2) is 5.72. The molecule has 0 aromatic heterocycles. The largest absolute Gasteiger partial charge is 0.352 e. The molecule has 0 spiro atoms. The Morgan fingerprint density at radius 2 is 1.86 bits per heavy atom. The molecule has 6 nitrogen and oxygen atoms in total. The molecular weight excluding hydrogens is 304 g/mol. The summed E-state index contributed by atoms with van der Waals surface area (Å²) in [5, 5.41) is 2.73. The number of piperazine rings is 1. The lowest BCUT2D eigenvalue weighted by molar-refractivity contribution is -0.133. The Morgan fingerprint density at radius 1 is 1.27 bits per heavy atom. The van der Waals surface area contributed by atoms with Gasteiger partial charge in [-0.05, 0) is 38.1 Å². The van der Waals surface area contributed by atoms with Gasteiger partial charge in [-0.1, -0.05) is 6.92 Å². The first-order chi connectivity index (χ1) is 10.2. The minimum atomic E-state index is -3.29. The Labute approximate surface area is 130 Å². The molecule has 120 valence electrons. The Morgan fingerprint density at radius 3 is 2.41 bits per heavy atom. The summed E-state index contributed by atoms with van der Waals surface area (Å²) in [6.07, 6.45) is 0. The lowest BCUT2D eigenvalue weighted by atomic mass is 9.97. The lowest BCUT2D eigenvalue weighted by Gasteiger charge is -2.41. The summed E-state index contributed by atoms with van der Waals surface area (Å²) in [5.74, 6) is -0.461. The predicted molar refractivity (Wildman–Crippen MR) is 82.3 cm³/mol. The molecule has 22 heavy (non-hydrogen) atoms. The maximum atomic E-state index is 12.6. The van der Waals surface area contributed by atoms with Gasteiger partial charge in [0.15, 0.2) is 9.84 Å². The van der Waals surface area contributed by atoms with E-state index in [1.165, 1.54) is 29.2 Å². The monoisotopic (exact) mass is 324 g/mol. The number of rotatable bonds is 3. The van der Waals surface area contributed by atoms with Gasteiger partial charge in [0.2, 0.25) is 5.91 Å². The van der Waals surface area contributed by atoms with Crippen molar-refractivity contribution in [3.63, 3.8) is 0 Å². The van der Waals surface area contributed by atoms with Crippen molar-refractivity contribution in [1.82, 2.24) is 10.2 Å². The highest BCUT2D eigenvalue weighted by Crippen LogP contribution is 2.21. The fourth-order valence-electron chi connectivity index (χ4n) is 2.38. The van der Waals surface area contributed by atoms with E-state index in [-0.39, 0.29) is 22.5 Å². The van der Waals surface area contributed by atoms with Crippen LogP contribution in [0.2, 0.25) is 0 Å². The lowest BCUT2D eigenvalue weighted by Crippen LogP contribution is -2.63. The molecular formula is C15H20N2O4S. The number of carbonyl (C=O) groups excluding carboxylic acids is 2. The maximum Gasteiger partial charge on any atom is 0.254 e. The van der Waals surface area contributed by atoms with Crippen LogP contribution in [-0.4, -0.2) is 49.5 Å². The van der Waals surface area contributed by atoms with Crippen molar-refractivity contribution >= 4 is 21.7 Å². The molecule has 0 aliphatic carbocycles. The molecule has 0 atom stereocenters. The van der Waals surface area contributed by atoms with Crippen LogP contribution < -0.4 is 5.32 Å². The zero-order chi connectivity index (χ0) is 16.5. The summed E-state index contributed by atoms with van der Waals surface area (Å²) in [4.78, 5) is 26.2. The van der Waals surface area contributed by atoms with Crippen LogP contribution in [0, 0.1) is 0 Å². The number of nitrogens with one attached hydrogen (secondary N) is 1. The molecule has 0 saturated carbocycles. The number of sulfone groups is 1. The zero-order valence-electron chi connectivity index (χ0n) is 12.9. The molecule has 1 saturated heterocycles. The summed E-state index contributed by atoms with van der Waals surface area (Å²) >= 11 is 0. The van der Waals surface area contributed by atoms with Crippen molar-refractivity contribution in [2.75, 3.05) is 18.8 Å². The van der Waals surface area contributed by atoms with Crippen LogP contribution in [-0.2, 0) is 14.6 Å². The van der Waals surface area contributed by atoms with Crippen LogP contribution in [0.1, 0.15) is 31.1 Å². The topological polar surface area (TPSA) is 83.6 Å². The third-order valence-corrected chi connectivity index (χ3v) is 5.69. The van der Waals surface area contributed by atoms with Crippen molar-refractivity contribution in [3.05, 3.63) is 29.8 Å². The number of amides is 2. The van der Waals surface area contributed by atoms with Crippen LogP contribution >= 0.6 is 0 Å². The van der Waals surface area contributed by atoms with Crippen LogP contribution in [0.5, 0.6) is 0 Å². The fraction of sp³-hybridized carbons (Fsp3) is 0.467. The number of nitrogens with zero attached hydrogens (tertiary/aromatic N) is 1. The van der Waals surface area contributed by atoms with Crippen LogP contribution in [0.25, 0.3) is 0 Å². The van der Waals surface area contributed by atoms with E-state index >= 15 is 0 Å². The third kappa shape index (κ3) is 2.85. The highest BCUT2D eigenvalue weighted by Gasteiger charge is 2.40. The molecule has 0 bridgehead atoms. The van der Waals surface area contributed by atoms with Gasteiger partial charge in [0, 0.05) is 18.7 Å². The van der Waals surface area contributed by atoms with E-state index in [0.717, 1.165) is 0 Å². The second-order valence-electron chi connectivity index (χ2n) is 5.70. The summed E-state index contributed by atoms with van der Waals surface area (Å²) in [6.45, 7) is 5.79. The van der Waals surface area contributed by atoms with Crippen molar-refractivity contribution in [2.24, 2.45) is 0 Å². The van der Waals surface area contributed by atoms with Crippen LogP contribution in [0.4, 0.5) is 0 Å². The number of benzene rings is 1. The summed E-state index contributed by atoms with van der Waals surface area (Å²) in [6, 6.07) is 5.85. The van der Waals surface area contributed by atoms with Gasteiger partial charge < -0.3 is 10.2 Å². The van der Waals surface area contributed by atoms with Crippen molar-refractivity contribution < 1.29 is 18.0 Å². The van der Waals surface area contributed by atoms with E-state index in [2.05, 4.69) is 5.32 Å². The van der Waals surface area contributed by atoms with Crippen molar-refractivity contribution in [3.8, 4) is 0 Å². The number of hydrogen-bond donors (Lipinski definition) is 1. The SMILES string of the molecule is CCS(=O)(=O)c1ccc(C(=O)N2CCNC(=O)C2(C)C)cc1. The molecule has 1 fully saturated rings. The first kappa shape index (κ1) is 16.5. The summed E-state index contributed by atoms with van der Waals surface area (Å²) < 4.78 is 23.6. The van der Waals surface area contributed by atoms with E-state index in [0.29, 0.717) is 18.7 Å². The van der Waals surface area contributed by atoms with Gasteiger partial charge in [0.1, 0.15) is 5.54 Å². The first-order valence-electron chi connectivity index (χ1n) is 7.13. The molecule has 1 N–H and O–H groups in total. The molecule has 1 heterocycles. The maximum absolute atomic E-state index is 12.6. The molecule has 1 aromatic rings. The van der Waals surface area contributed by atoms with Gasteiger partial charge in [0.25, 0.3) is 5.91 Å². The number of hydrogen-bond acceptors (Lipinski definition) is 4. The Kier molecular flexibility index (Phi) is 4.28. The van der Waals surface area contributed by atoms with E-state index in [1.807, 2.05) is 0 Å². The molecule has 0 unspecified atom stereocenters. The fourth-order valence-corrected chi connectivity index (χ4v) is 3.27. The smallest absolute Gasteiger partial charge is 0.254 e. The minimum Gasteiger partial charge on any atom is -0.352 e. The Balaban J connectivity index is 2.29. The van der Waals surface area contributed by atoms with Gasteiger partial charge >= 0.3 is 0 Å². The molecule has 2 amide bonds. The molecule has 1 aliphatic heterocycles. The minimum absolute atomic E-state index is 0.0135. The predicted octanol–water partition coefficient (Wildman–Crippen LogP) is 0.831. The molecule has 1 aliphatic rings. The van der Waals surface area contributed by atoms with Crippen molar-refractivity contribution in [1.29, 1.82) is 0 Å². The summed E-state index contributed by atoms with van der Waals surface area (Å²) in [5.41, 5.74) is -0.554. The first-order valence-corrected chi connectivity index (χ1v) is 8.78. The highest BCUT2D eigenvalue weighted by molar-refractivity contribution is 7.91. The van der Waals surface area contributed by atoms with E-state index in [9.17, 15) is 18.0 Å². The van der Waals surface area contributed by atoms with Gasteiger partial charge in [-0.2, -0.15) is 0 Å². The van der Waals surface area contributed by atoms with Gasteiger partial charge in [-0.15, -0.1) is 0 Å². The highest BCUT2D eigenvalue weighted by atomic mass is 32.2. The van der Waals surface area contributed by atoms with Crippen LogP contribution in [0.3, 0.4) is 0 Å². The number of carbonyl (C=O) groups is 2. The quantitative estimate of drug-likeness (QED) is 0.893. The Hall–Kier alpha value is -1.89. The van der Waals surface area contributed by atoms with E-state index in [4.69, 9.17) is 0 Å². The standard InChI is InChI=1S/C15H20N2O4S/c1-4-22(20,21)12-7-5-11(6-8-12)13(18)17-10-9-16-14(19)15(17,2)3/h5-8H,4,9-10H2,1-3H3,(H,16,19). The summed E-state index contributed by atoms with van der Waals surface area (Å²) in [7, 11) is -3.29. The molecule has 7 heteroatoms. The normalized spacial score (nSPS) is 18.0. The molecule has 1 aromatic carbocycles. The van der Waals surface area contributed by atoms with Gasteiger partial charge in [-0.25, -0.2) is 8.42 Å². The van der Waals surface area contributed by atoms with E-state index in [1.54, 1.807) is 20.8 Å².